The second-order valence-electron chi connectivity index (χ2n) is 4.77. The maximum absolute atomic E-state index is 12.7. The number of ketones is 1. The summed E-state index contributed by atoms with van der Waals surface area (Å²) in [6.45, 7) is 4.11. The fourth-order valence-electron chi connectivity index (χ4n) is 2.29. The summed E-state index contributed by atoms with van der Waals surface area (Å²) in [5.74, 6) is 0.691. The van der Waals surface area contributed by atoms with Crippen molar-refractivity contribution in [1.29, 1.82) is 0 Å². The van der Waals surface area contributed by atoms with Gasteiger partial charge in [-0.25, -0.2) is 0 Å². The molecule has 2 rings (SSSR count). The fourth-order valence-corrected chi connectivity index (χ4v) is 6.23. The number of carbonyl (C=O) groups excluding carboxylic acids is 1. The van der Waals surface area contributed by atoms with Crippen LogP contribution in [0, 0.1) is 0 Å². The molecule has 2 atom stereocenters. The topological polar surface area (TPSA) is 34.1 Å². The lowest BCUT2D eigenvalue weighted by atomic mass is 10.1. The molecule has 1 aliphatic rings. The van der Waals surface area contributed by atoms with Gasteiger partial charge in [0.25, 0.3) is 0 Å². The lowest BCUT2D eigenvalue weighted by Gasteiger charge is -2.27. The van der Waals surface area contributed by atoms with Crippen molar-refractivity contribution < 1.29 is 9.00 Å². The van der Waals surface area contributed by atoms with Crippen molar-refractivity contribution in [2.75, 3.05) is 5.75 Å². The Morgan fingerprint density at radius 1 is 1.33 bits per heavy atom. The molecule has 4 heteroatoms. The standard InChI is InChI=1S/C14H18O2S2/c1-11(2)17-14(9-6-10-18(14)16)13(15)12-7-4-3-5-8-12/h3-5,7-8,11H,6,9-10H2,1-2H3. The van der Waals surface area contributed by atoms with Crippen molar-refractivity contribution in [2.24, 2.45) is 0 Å². The van der Waals surface area contributed by atoms with E-state index in [2.05, 4.69) is 13.8 Å². The molecular weight excluding hydrogens is 264 g/mol. The SMILES string of the molecule is CC(C)SC1(C(=O)c2ccccc2)CCCS1=O. The molecule has 0 bridgehead atoms. The van der Waals surface area contributed by atoms with Gasteiger partial charge in [-0.05, 0) is 12.8 Å². The first kappa shape index (κ1) is 13.8. The average molecular weight is 282 g/mol. The molecular formula is C14H18O2S2. The highest BCUT2D eigenvalue weighted by Crippen LogP contribution is 2.44. The van der Waals surface area contributed by atoms with E-state index in [-0.39, 0.29) is 5.78 Å². The van der Waals surface area contributed by atoms with Crippen LogP contribution in [0.25, 0.3) is 0 Å². The number of carbonyl (C=O) groups is 1. The van der Waals surface area contributed by atoms with Crippen LogP contribution in [-0.2, 0) is 10.8 Å². The number of benzene rings is 1. The molecule has 1 aromatic carbocycles. The van der Waals surface area contributed by atoms with Crippen molar-refractivity contribution in [2.45, 2.75) is 36.0 Å². The molecule has 0 aliphatic carbocycles. The zero-order valence-corrected chi connectivity index (χ0v) is 12.4. The number of hydrogen-bond donors (Lipinski definition) is 0. The zero-order chi connectivity index (χ0) is 13.2. The van der Waals surface area contributed by atoms with E-state index < -0.39 is 14.9 Å². The van der Waals surface area contributed by atoms with E-state index in [1.165, 1.54) is 0 Å². The predicted octanol–water partition coefficient (Wildman–Crippen LogP) is 3.25. The van der Waals surface area contributed by atoms with Crippen molar-refractivity contribution in [1.82, 2.24) is 0 Å². The van der Waals surface area contributed by atoms with Crippen molar-refractivity contribution in [3.8, 4) is 0 Å². The molecule has 0 saturated carbocycles. The third kappa shape index (κ3) is 2.54. The minimum atomic E-state index is -1.06. The van der Waals surface area contributed by atoms with Gasteiger partial charge in [-0.3, -0.25) is 9.00 Å². The third-order valence-electron chi connectivity index (χ3n) is 3.01. The summed E-state index contributed by atoms with van der Waals surface area (Å²) in [5, 5.41) is 0.305. The maximum Gasteiger partial charge on any atom is 0.191 e. The number of Topliss-reactive ketones (excluding diaryl/α,β-unsaturated/α-hetero) is 1. The highest BCUT2D eigenvalue weighted by Gasteiger charge is 2.48. The molecule has 1 aromatic rings. The van der Waals surface area contributed by atoms with E-state index in [9.17, 15) is 9.00 Å². The van der Waals surface area contributed by atoms with Crippen LogP contribution in [0.1, 0.15) is 37.0 Å². The minimum Gasteiger partial charge on any atom is -0.292 e. The van der Waals surface area contributed by atoms with Crippen LogP contribution in [0.15, 0.2) is 30.3 Å². The molecule has 2 unspecified atom stereocenters. The molecule has 1 heterocycles. The van der Waals surface area contributed by atoms with Crippen molar-refractivity contribution in [3.05, 3.63) is 35.9 Å². The largest absolute Gasteiger partial charge is 0.292 e. The summed E-state index contributed by atoms with van der Waals surface area (Å²) in [6.07, 6.45) is 1.61. The summed E-state index contributed by atoms with van der Waals surface area (Å²) in [7, 11) is -1.06. The Hall–Kier alpha value is -0.610. The van der Waals surface area contributed by atoms with Crippen LogP contribution in [0.3, 0.4) is 0 Å². The van der Waals surface area contributed by atoms with E-state index in [1.54, 1.807) is 11.8 Å². The summed E-state index contributed by atoms with van der Waals surface area (Å²) >= 11 is 1.57. The van der Waals surface area contributed by atoms with Gasteiger partial charge in [-0.1, -0.05) is 44.2 Å². The monoisotopic (exact) mass is 282 g/mol. The van der Waals surface area contributed by atoms with E-state index in [0.717, 1.165) is 12.8 Å². The van der Waals surface area contributed by atoms with Crippen LogP contribution >= 0.6 is 11.8 Å². The summed E-state index contributed by atoms with van der Waals surface area (Å²) in [6, 6.07) is 9.25. The Morgan fingerprint density at radius 3 is 2.50 bits per heavy atom. The first-order chi connectivity index (χ1) is 8.56. The molecule has 0 N–H and O–H groups in total. The summed E-state index contributed by atoms with van der Waals surface area (Å²) in [5.41, 5.74) is 0.681. The molecule has 18 heavy (non-hydrogen) atoms. The van der Waals surface area contributed by atoms with Crippen LogP contribution in [0.4, 0.5) is 0 Å². The molecule has 2 nitrogen and oxygen atoms in total. The Balaban J connectivity index is 2.36. The van der Waals surface area contributed by atoms with Gasteiger partial charge in [-0.2, -0.15) is 0 Å². The highest BCUT2D eigenvalue weighted by molar-refractivity contribution is 8.14. The molecule has 0 aromatic heterocycles. The number of hydrogen-bond acceptors (Lipinski definition) is 3. The Bertz CT molecular complexity index is 456. The highest BCUT2D eigenvalue weighted by atomic mass is 32.2. The van der Waals surface area contributed by atoms with Gasteiger partial charge >= 0.3 is 0 Å². The lowest BCUT2D eigenvalue weighted by Crippen LogP contribution is -2.37. The van der Waals surface area contributed by atoms with Crippen molar-refractivity contribution in [3.63, 3.8) is 0 Å². The van der Waals surface area contributed by atoms with Gasteiger partial charge in [0.2, 0.25) is 0 Å². The lowest BCUT2D eigenvalue weighted by molar-refractivity contribution is 0.0975. The Labute approximate surface area is 115 Å². The summed E-state index contributed by atoms with van der Waals surface area (Å²) < 4.78 is 11.6. The molecule has 1 aliphatic heterocycles. The number of rotatable bonds is 4. The van der Waals surface area contributed by atoms with Gasteiger partial charge in [0.05, 0.1) is 0 Å². The van der Waals surface area contributed by atoms with E-state index >= 15 is 0 Å². The van der Waals surface area contributed by atoms with Crippen LogP contribution < -0.4 is 0 Å². The van der Waals surface area contributed by atoms with E-state index in [0.29, 0.717) is 16.6 Å². The zero-order valence-electron chi connectivity index (χ0n) is 10.7. The smallest absolute Gasteiger partial charge is 0.191 e. The molecule has 0 spiro atoms. The van der Waals surface area contributed by atoms with Gasteiger partial charge in [0.15, 0.2) is 9.86 Å². The fraction of sp³-hybridized carbons (Fsp3) is 0.500. The van der Waals surface area contributed by atoms with Gasteiger partial charge in [-0.15, -0.1) is 11.8 Å². The van der Waals surface area contributed by atoms with E-state index in [4.69, 9.17) is 0 Å². The molecule has 1 saturated heterocycles. The van der Waals surface area contributed by atoms with E-state index in [1.807, 2.05) is 30.3 Å². The quantitative estimate of drug-likeness (QED) is 0.795. The summed E-state index contributed by atoms with van der Waals surface area (Å²) in [4.78, 5) is 12.7. The molecule has 0 amide bonds. The maximum atomic E-state index is 12.7. The Kier molecular flexibility index (Phi) is 4.28. The van der Waals surface area contributed by atoms with Gasteiger partial charge in [0, 0.05) is 27.4 Å². The van der Waals surface area contributed by atoms with Gasteiger partial charge in [0.1, 0.15) is 0 Å². The first-order valence-corrected chi connectivity index (χ1v) is 8.42. The second kappa shape index (κ2) is 5.57. The first-order valence-electron chi connectivity index (χ1n) is 6.22. The average Bonchev–Trinajstić information content (AvgIpc) is 2.71. The van der Waals surface area contributed by atoms with Crippen LogP contribution in [0.2, 0.25) is 0 Å². The molecule has 1 fully saturated rings. The second-order valence-corrected chi connectivity index (χ2v) is 8.70. The Morgan fingerprint density at radius 2 is 2.00 bits per heavy atom. The minimum absolute atomic E-state index is 0.0395. The normalized spacial score (nSPS) is 27.6. The van der Waals surface area contributed by atoms with Crippen LogP contribution in [-0.4, -0.2) is 25.1 Å². The predicted molar refractivity (Wildman–Crippen MR) is 78.5 cm³/mol. The van der Waals surface area contributed by atoms with Crippen LogP contribution in [0.5, 0.6) is 0 Å². The van der Waals surface area contributed by atoms with Gasteiger partial charge < -0.3 is 0 Å². The third-order valence-corrected chi connectivity index (χ3v) is 6.88. The number of thioether (sulfide) groups is 1. The molecule has 98 valence electrons. The van der Waals surface area contributed by atoms with Crippen molar-refractivity contribution >= 4 is 28.3 Å². The molecule has 0 radical (unpaired) electrons.